The van der Waals surface area contributed by atoms with Crippen LogP contribution in [0.5, 0.6) is 0 Å². The summed E-state index contributed by atoms with van der Waals surface area (Å²) in [5.41, 5.74) is 4.75. The number of fused-ring (bicyclic) bond motifs is 1. The number of ether oxygens (including phenoxy) is 2. The van der Waals surface area contributed by atoms with Crippen molar-refractivity contribution in [3.05, 3.63) is 77.4 Å². The van der Waals surface area contributed by atoms with E-state index in [4.69, 9.17) is 14.3 Å². The third kappa shape index (κ3) is 6.45. The molecular weight excluding hydrogens is 496 g/mol. The standard InChI is InChI=1S/C27H30N2O9/c1-2-15-3-5-19-12-16(4-6-18(19)11-15)14-36-27(35)28-20-9-7-17(8-10-20)25(34)29-38-26-24(33)23(32)22(31)21(13-30)37-26/h3-12,21-24,26,30-33H,2,13-14H2,1H3,(H,28,35)(H,29,34)/t21-,22+,23+,24-,26+/m1/s1. The molecule has 38 heavy (non-hydrogen) atoms. The van der Waals surface area contributed by atoms with Crippen LogP contribution in [0.3, 0.4) is 0 Å². The molecule has 0 radical (unpaired) electrons. The summed E-state index contributed by atoms with van der Waals surface area (Å²) in [5.74, 6) is -0.696. The SMILES string of the molecule is CCc1ccc2cc(COC(=O)Nc3ccc(C(=O)NO[C@@H]4O[C@H](CO)[C@H](O)[C@H](O)[C@H]4O)cc3)ccc2c1. The van der Waals surface area contributed by atoms with Crippen LogP contribution in [0.15, 0.2) is 60.7 Å². The normalized spacial score (nSPS) is 23.1. The van der Waals surface area contributed by atoms with Crippen LogP contribution in [0.2, 0.25) is 0 Å². The molecule has 0 bridgehead atoms. The van der Waals surface area contributed by atoms with Crippen LogP contribution in [0.25, 0.3) is 10.8 Å². The topological polar surface area (TPSA) is 167 Å². The maximum atomic E-state index is 12.4. The summed E-state index contributed by atoms with van der Waals surface area (Å²) in [6.45, 7) is 1.57. The summed E-state index contributed by atoms with van der Waals surface area (Å²) in [7, 11) is 0. The number of rotatable bonds is 8. The lowest BCUT2D eigenvalue weighted by Crippen LogP contribution is -2.60. The Morgan fingerprint density at radius 2 is 1.55 bits per heavy atom. The first-order valence-electron chi connectivity index (χ1n) is 12.1. The highest BCUT2D eigenvalue weighted by Crippen LogP contribution is 2.22. The lowest BCUT2D eigenvalue weighted by atomic mass is 9.99. The van der Waals surface area contributed by atoms with E-state index in [2.05, 4.69) is 29.9 Å². The zero-order valence-corrected chi connectivity index (χ0v) is 20.6. The van der Waals surface area contributed by atoms with Crippen molar-refractivity contribution in [2.24, 2.45) is 0 Å². The quantitative estimate of drug-likeness (QED) is 0.239. The van der Waals surface area contributed by atoms with Gasteiger partial charge in [-0.15, -0.1) is 0 Å². The molecule has 0 saturated carbocycles. The number of hydroxylamine groups is 1. The van der Waals surface area contributed by atoms with Crippen LogP contribution in [-0.4, -0.2) is 69.7 Å². The molecule has 11 heteroatoms. The van der Waals surface area contributed by atoms with Gasteiger partial charge in [-0.05, 0) is 58.7 Å². The van der Waals surface area contributed by atoms with Gasteiger partial charge in [0.05, 0.1) is 6.61 Å². The van der Waals surface area contributed by atoms with Gasteiger partial charge in [-0.2, -0.15) is 0 Å². The second kappa shape index (κ2) is 12.3. The smallest absolute Gasteiger partial charge is 0.411 e. The van der Waals surface area contributed by atoms with Gasteiger partial charge in [-0.1, -0.05) is 37.3 Å². The first-order chi connectivity index (χ1) is 18.3. The number of benzene rings is 3. The predicted molar refractivity (Wildman–Crippen MR) is 136 cm³/mol. The fraction of sp³-hybridized carbons (Fsp3) is 0.333. The van der Waals surface area contributed by atoms with E-state index in [0.717, 1.165) is 22.8 Å². The number of carbonyl (C=O) groups is 2. The number of anilines is 1. The van der Waals surface area contributed by atoms with Crippen LogP contribution >= 0.6 is 0 Å². The second-order valence-corrected chi connectivity index (χ2v) is 8.89. The van der Waals surface area contributed by atoms with Gasteiger partial charge >= 0.3 is 6.09 Å². The molecule has 202 valence electrons. The summed E-state index contributed by atoms with van der Waals surface area (Å²) >= 11 is 0. The van der Waals surface area contributed by atoms with Crippen molar-refractivity contribution >= 4 is 28.5 Å². The average Bonchev–Trinajstić information content (AvgIpc) is 2.94. The summed E-state index contributed by atoms with van der Waals surface area (Å²) in [5, 5.41) is 43.5. The molecule has 1 heterocycles. The largest absolute Gasteiger partial charge is 0.444 e. The Kier molecular flexibility index (Phi) is 8.89. The Hall–Kier alpha value is -3.58. The third-order valence-corrected chi connectivity index (χ3v) is 6.26. The molecule has 11 nitrogen and oxygen atoms in total. The lowest BCUT2D eigenvalue weighted by molar-refractivity contribution is -0.311. The van der Waals surface area contributed by atoms with E-state index in [9.17, 15) is 30.0 Å². The lowest BCUT2D eigenvalue weighted by Gasteiger charge is -2.39. The van der Waals surface area contributed by atoms with E-state index in [1.54, 1.807) is 0 Å². The fourth-order valence-electron chi connectivity index (χ4n) is 4.00. The summed E-state index contributed by atoms with van der Waals surface area (Å²) < 4.78 is 10.5. The Balaban J connectivity index is 1.26. The summed E-state index contributed by atoms with van der Waals surface area (Å²) in [4.78, 5) is 29.6. The van der Waals surface area contributed by atoms with Gasteiger partial charge in [0, 0.05) is 11.3 Å². The molecule has 1 aliphatic rings. The van der Waals surface area contributed by atoms with Gasteiger partial charge < -0.3 is 29.9 Å². The van der Waals surface area contributed by atoms with E-state index in [0.29, 0.717) is 5.69 Å². The van der Waals surface area contributed by atoms with Gasteiger partial charge in [-0.25, -0.2) is 15.1 Å². The first kappa shape index (κ1) is 27.5. The molecule has 0 aromatic heterocycles. The highest BCUT2D eigenvalue weighted by Gasteiger charge is 2.44. The van der Waals surface area contributed by atoms with Crippen molar-refractivity contribution < 1.29 is 44.3 Å². The Bertz CT molecular complexity index is 1270. The molecular formula is C27H30N2O9. The summed E-state index contributed by atoms with van der Waals surface area (Å²) in [6.07, 6.45) is -7.22. The van der Waals surface area contributed by atoms with Crippen LogP contribution in [0.1, 0.15) is 28.4 Å². The molecule has 1 saturated heterocycles. The Labute approximate surface area is 218 Å². The average molecular weight is 527 g/mol. The number of amides is 2. The van der Waals surface area contributed by atoms with Crippen molar-refractivity contribution in [2.75, 3.05) is 11.9 Å². The van der Waals surface area contributed by atoms with Gasteiger partial charge in [0.15, 0.2) is 0 Å². The van der Waals surface area contributed by atoms with E-state index >= 15 is 0 Å². The van der Waals surface area contributed by atoms with Crippen molar-refractivity contribution in [3.63, 3.8) is 0 Å². The van der Waals surface area contributed by atoms with Crippen LogP contribution < -0.4 is 10.8 Å². The van der Waals surface area contributed by atoms with Crippen LogP contribution in [-0.2, 0) is 27.3 Å². The molecule has 3 aromatic carbocycles. The molecule has 4 rings (SSSR count). The van der Waals surface area contributed by atoms with Gasteiger partial charge in [0.2, 0.25) is 6.29 Å². The molecule has 1 aliphatic heterocycles. The minimum absolute atomic E-state index is 0.0904. The number of aliphatic hydroxyl groups is 4. The van der Waals surface area contributed by atoms with Gasteiger partial charge in [0.1, 0.15) is 31.0 Å². The molecule has 3 aromatic rings. The zero-order valence-electron chi connectivity index (χ0n) is 20.6. The van der Waals surface area contributed by atoms with Crippen molar-refractivity contribution in [1.29, 1.82) is 0 Å². The molecule has 5 atom stereocenters. The van der Waals surface area contributed by atoms with Crippen LogP contribution in [0, 0.1) is 0 Å². The van der Waals surface area contributed by atoms with E-state index in [1.165, 1.54) is 29.8 Å². The minimum Gasteiger partial charge on any atom is -0.444 e. The van der Waals surface area contributed by atoms with E-state index in [-0.39, 0.29) is 12.2 Å². The van der Waals surface area contributed by atoms with Crippen molar-refractivity contribution in [2.45, 2.75) is 50.7 Å². The number of hydrogen-bond acceptors (Lipinski definition) is 9. The monoisotopic (exact) mass is 526 g/mol. The first-order valence-corrected chi connectivity index (χ1v) is 12.1. The third-order valence-electron chi connectivity index (χ3n) is 6.26. The molecule has 2 amide bonds. The number of nitrogens with one attached hydrogen (secondary N) is 2. The number of hydrogen-bond donors (Lipinski definition) is 6. The Morgan fingerprint density at radius 3 is 2.21 bits per heavy atom. The highest BCUT2D eigenvalue weighted by atomic mass is 16.8. The zero-order chi connectivity index (χ0) is 27.2. The maximum Gasteiger partial charge on any atom is 0.411 e. The predicted octanol–water partition coefficient (Wildman–Crippen LogP) is 1.61. The number of carbonyl (C=O) groups excluding carboxylic acids is 2. The number of aryl methyl sites for hydroxylation is 1. The summed E-state index contributed by atoms with van der Waals surface area (Å²) in [6, 6.07) is 18.0. The van der Waals surface area contributed by atoms with Crippen molar-refractivity contribution in [1.82, 2.24) is 5.48 Å². The van der Waals surface area contributed by atoms with E-state index in [1.807, 2.05) is 24.3 Å². The highest BCUT2D eigenvalue weighted by molar-refractivity contribution is 5.94. The number of aliphatic hydroxyl groups excluding tert-OH is 4. The molecule has 0 spiro atoms. The molecule has 0 aliphatic carbocycles. The Morgan fingerprint density at radius 1 is 0.895 bits per heavy atom. The maximum absolute atomic E-state index is 12.4. The second-order valence-electron chi connectivity index (χ2n) is 8.89. The molecule has 0 unspecified atom stereocenters. The van der Waals surface area contributed by atoms with Crippen LogP contribution in [0.4, 0.5) is 10.5 Å². The van der Waals surface area contributed by atoms with E-state index < -0.39 is 49.3 Å². The van der Waals surface area contributed by atoms with Crippen molar-refractivity contribution in [3.8, 4) is 0 Å². The van der Waals surface area contributed by atoms with Gasteiger partial charge in [-0.3, -0.25) is 10.1 Å². The minimum atomic E-state index is -1.66. The molecule has 6 N–H and O–H groups in total. The van der Waals surface area contributed by atoms with Gasteiger partial charge in [0.25, 0.3) is 5.91 Å². The fourth-order valence-corrected chi connectivity index (χ4v) is 4.00. The molecule has 1 fully saturated rings.